The maximum absolute atomic E-state index is 6.35. The Morgan fingerprint density at radius 1 is 1.00 bits per heavy atom. The van der Waals surface area contributed by atoms with E-state index in [1.807, 2.05) is 38.1 Å². The number of benzene rings is 2. The van der Waals surface area contributed by atoms with E-state index in [1.165, 1.54) is 11.1 Å². The molecule has 154 valence electrons. The fourth-order valence-corrected chi connectivity index (χ4v) is 3.33. The van der Waals surface area contributed by atoms with Gasteiger partial charge < -0.3 is 14.2 Å². The third-order valence-corrected chi connectivity index (χ3v) is 4.50. The Labute approximate surface area is 175 Å². The molecule has 1 aliphatic rings. The van der Waals surface area contributed by atoms with Crippen molar-refractivity contribution in [1.82, 2.24) is 0 Å². The SMILES string of the molecule is CC.CC(C)(C)Cc1ccc(OCCCOc2ccc3c(c2)CCO3)c(Cl)c1. The van der Waals surface area contributed by atoms with Crippen molar-refractivity contribution < 1.29 is 14.2 Å². The zero-order chi connectivity index (χ0) is 20.6. The minimum absolute atomic E-state index is 0.243. The summed E-state index contributed by atoms with van der Waals surface area (Å²) in [7, 11) is 0. The van der Waals surface area contributed by atoms with E-state index in [1.54, 1.807) is 0 Å². The summed E-state index contributed by atoms with van der Waals surface area (Å²) in [6.45, 7) is 12.6. The lowest BCUT2D eigenvalue weighted by molar-refractivity contribution is 0.247. The first kappa shape index (κ1) is 22.4. The molecule has 0 bridgehead atoms. The number of halogens is 1. The number of rotatable bonds is 7. The van der Waals surface area contributed by atoms with Gasteiger partial charge in [-0.25, -0.2) is 0 Å². The summed E-state index contributed by atoms with van der Waals surface area (Å²) < 4.78 is 17.1. The average Bonchev–Trinajstić information content (AvgIpc) is 3.11. The highest BCUT2D eigenvalue weighted by Crippen LogP contribution is 2.30. The lowest BCUT2D eigenvalue weighted by Crippen LogP contribution is -2.09. The Hall–Kier alpha value is -1.87. The van der Waals surface area contributed by atoms with Gasteiger partial charge in [0.25, 0.3) is 0 Å². The predicted octanol–water partition coefficient (Wildman–Crippen LogP) is 6.74. The molecule has 2 aromatic carbocycles. The standard InChI is InChI=1S/C22H27ClO3.C2H6/c1-22(2,3)15-16-5-7-21(19(23)13-16)25-11-4-10-24-18-6-8-20-17(14-18)9-12-26-20;1-2/h5-8,13-14H,4,9-12,15H2,1-3H3;1-2H3. The van der Waals surface area contributed by atoms with Crippen molar-refractivity contribution in [3.63, 3.8) is 0 Å². The maximum Gasteiger partial charge on any atom is 0.137 e. The third kappa shape index (κ3) is 6.94. The smallest absolute Gasteiger partial charge is 0.137 e. The molecule has 0 amide bonds. The second-order valence-corrected chi connectivity index (χ2v) is 8.33. The summed E-state index contributed by atoms with van der Waals surface area (Å²) in [5.74, 6) is 2.60. The first-order chi connectivity index (χ1) is 13.4. The fourth-order valence-electron chi connectivity index (χ4n) is 3.07. The van der Waals surface area contributed by atoms with Gasteiger partial charge in [0.05, 0.1) is 24.8 Å². The Morgan fingerprint density at radius 2 is 1.75 bits per heavy atom. The van der Waals surface area contributed by atoms with Gasteiger partial charge in [0.15, 0.2) is 0 Å². The van der Waals surface area contributed by atoms with Crippen LogP contribution in [-0.2, 0) is 12.8 Å². The van der Waals surface area contributed by atoms with Crippen LogP contribution in [0.1, 0.15) is 52.2 Å². The molecule has 4 heteroatoms. The topological polar surface area (TPSA) is 27.7 Å². The van der Waals surface area contributed by atoms with Crippen LogP contribution < -0.4 is 14.2 Å². The van der Waals surface area contributed by atoms with Gasteiger partial charge in [0, 0.05) is 18.4 Å². The molecule has 0 saturated heterocycles. The maximum atomic E-state index is 6.35. The molecular formula is C24H33ClO3. The van der Waals surface area contributed by atoms with Crippen LogP contribution in [0, 0.1) is 5.41 Å². The Bertz CT molecular complexity index is 750. The fraction of sp³-hybridized carbons (Fsp3) is 0.500. The number of hydrogen-bond acceptors (Lipinski definition) is 3. The second kappa shape index (κ2) is 10.6. The van der Waals surface area contributed by atoms with Crippen LogP contribution >= 0.6 is 11.6 Å². The largest absolute Gasteiger partial charge is 0.493 e. The number of hydrogen-bond donors (Lipinski definition) is 0. The van der Waals surface area contributed by atoms with E-state index in [4.69, 9.17) is 25.8 Å². The highest BCUT2D eigenvalue weighted by molar-refractivity contribution is 6.32. The van der Waals surface area contributed by atoms with Crippen LogP contribution in [-0.4, -0.2) is 19.8 Å². The average molecular weight is 405 g/mol. The molecule has 0 fully saturated rings. The van der Waals surface area contributed by atoms with E-state index in [0.29, 0.717) is 18.2 Å². The van der Waals surface area contributed by atoms with Crippen molar-refractivity contribution in [2.45, 2.75) is 53.9 Å². The summed E-state index contributed by atoms with van der Waals surface area (Å²) in [6.07, 6.45) is 2.75. The van der Waals surface area contributed by atoms with Crippen LogP contribution in [0.15, 0.2) is 36.4 Å². The molecule has 0 saturated carbocycles. The molecule has 1 aliphatic heterocycles. The van der Waals surface area contributed by atoms with E-state index < -0.39 is 0 Å². The summed E-state index contributed by atoms with van der Waals surface area (Å²) >= 11 is 6.35. The van der Waals surface area contributed by atoms with Gasteiger partial charge in [-0.1, -0.05) is 52.3 Å². The Morgan fingerprint density at radius 3 is 2.46 bits per heavy atom. The van der Waals surface area contributed by atoms with Crippen LogP contribution in [0.25, 0.3) is 0 Å². The van der Waals surface area contributed by atoms with Gasteiger partial charge in [-0.15, -0.1) is 0 Å². The van der Waals surface area contributed by atoms with Crippen molar-refractivity contribution in [2.75, 3.05) is 19.8 Å². The van der Waals surface area contributed by atoms with E-state index >= 15 is 0 Å². The molecule has 0 N–H and O–H groups in total. The van der Waals surface area contributed by atoms with Gasteiger partial charge in [0.1, 0.15) is 17.2 Å². The molecule has 0 aliphatic carbocycles. The van der Waals surface area contributed by atoms with E-state index in [0.717, 1.165) is 43.1 Å². The Balaban J connectivity index is 0.00000136. The van der Waals surface area contributed by atoms with Crippen molar-refractivity contribution >= 4 is 11.6 Å². The molecule has 2 aromatic rings. The molecule has 3 nitrogen and oxygen atoms in total. The lowest BCUT2D eigenvalue weighted by atomic mass is 9.88. The molecule has 28 heavy (non-hydrogen) atoms. The van der Waals surface area contributed by atoms with Crippen LogP contribution in [0.5, 0.6) is 17.2 Å². The van der Waals surface area contributed by atoms with Gasteiger partial charge in [-0.2, -0.15) is 0 Å². The molecule has 0 unspecified atom stereocenters. The molecule has 0 aromatic heterocycles. The predicted molar refractivity (Wildman–Crippen MR) is 117 cm³/mol. The van der Waals surface area contributed by atoms with Gasteiger partial charge in [-0.3, -0.25) is 0 Å². The first-order valence-corrected chi connectivity index (χ1v) is 10.6. The van der Waals surface area contributed by atoms with Crippen molar-refractivity contribution in [3.8, 4) is 17.2 Å². The van der Waals surface area contributed by atoms with Gasteiger partial charge in [-0.05, 0) is 47.7 Å². The van der Waals surface area contributed by atoms with E-state index in [9.17, 15) is 0 Å². The van der Waals surface area contributed by atoms with E-state index in [-0.39, 0.29) is 5.41 Å². The van der Waals surface area contributed by atoms with Crippen LogP contribution in [0.2, 0.25) is 5.02 Å². The molecule has 0 spiro atoms. The minimum atomic E-state index is 0.243. The summed E-state index contributed by atoms with van der Waals surface area (Å²) in [6, 6.07) is 12.1. The summed E-state index contributed by atoms with van der Waals surface area (Å²) in [5.41, 5.74) is 2.70. The molecule has 0 atom stereocenters. The lowest BCUT2D eigenvalue weighted by Gasteiger charge is -2.18. The van der Waals surface area contributed by atoms with Crippen molar-refractivity contribution in [1.29, 1.82) is 0 Å². The summed E-state index contributed by atoms with van der Waals surface area (Å²) in [4.78, 5) is 0. The Kier molecular flexibility index (Phi) is 8.50. The molecule has 1 heterocycles. The van der Waals surface area contributed by atoms with Gasteiger partial charge >= 0.3 is 0 Å². The zero-order valence-electron chi connectivity index (χ0n) is 17.8. The third-order valence-electron chi connectivity index (χ3n) is 4.21. The van der Waals surface area contributed by atoms with Crippen LogP contribution in [0.3, 0.4) is 0 Å². The molecular weight excluding hydrogens is 372 g/mol. The summed E-state index contributed by atoms with van der Waals surface area (Å²) in [5, 5.41) is 0.672. The molecule has 0 radical (unpaired) electrons. The number of fused-ring (bicyclic) bond motifs is 1. The first-order valence-electron chi connectivity index (χ1n) is 10.2. The minimum Gasteiger partial charge on any atom is -0.493 e. The highest BCUT2D eigenvalue weighted by Gasteiger charge is 2.13. The molecule has 3 rings (SSSR count). The monoisotopic (exact) mass is 404 g/mol. The highest BCUT2D eigenvalue weighted by atomic mass is 35.5. The van der Waals surface area contributed by atoms with Gasteiger partial charge in [0.2, 0.25) is 0 Å². The van der Waals surface area contributed by atoms with Crippen molar-refractivity contribution in [3.05, 3.63) is 52.5 Å². The van der Waals surface area contributed by atoms with Crippen molar-refractivity contribution in [2.24, 2.45) is 5.41 Å². The quantitative estimate of drug-likeness (QED) is 0.478. The zero-order valence-corrected chi connectivity index (χ0v) is 18.6. The van der Waals surface area contributed by atoms with E-state index in [2.05, 4.69) is 32.9 Å². The van der Waals surface area contributed by atoms with Crippen LogP contribution in [0.4, 0.5) is 0 Å². The normalized spacial score (nSPS) is 12.5. The second-order valence-electron chi connectivity index (χ2n) is 7.92. The number of ether oxygens (including phenoxy) is 3.